The molecule has 3 atom stereocenters. The molecular weight excluding hydrogens is 426 g/mol. The van der Waals surface area contributed by atoms with Gasteiger partial charge in [-0.05, 0) is 81.6 Å². The van der Waals surface area contributed by atoms with Gasteiger partial charge in [0.15, 0.2) is 11.5 Å². The number of methoxy groups -OCH3 is 2. The average Bonchev–Trinajstić information content (AvgIpc) is 3.13. The highest BCUT2D eigenvalue weighted by atomic mass is 35.5. The van der Waals surface area contributed by atoms with Crippen LogP contribution in [0, 0.1) is 6.92 Å². The average molecular weight is 458 g/mol. The Labute approximate surface area is 195 Å². The van der Waals surface area contributed by atoms with Crippen LogP contribution in [0.4, 0.5) is 10.5 Å². The molecule has 6 nitrogen and oxygen atoms in total. The van der Waals surface area contributed by atoms with Gasteiger partial charge in [0.25, 0.3) is 0 Å². The van der Waals surface area contributed by atoms with Crippen LogP contribution in [-0.4, -0.2) is 50.8 Å². The molecule has 4 rings (SSSR count). The summed E-state index contributed by atoms with van der Waals surface area (Å²) in [4.78, 5) is 15.1. The molecule has 2 fully saturated rings. The number of hydrogen-bond donors (Lipinski definition) is 2. The van der Waals surface area contributed by atoms with E-state index in [1.165, 1.54) is 5.56 Å². The molecule has 32 heavy (non-hydrogen) atoms. The number of likely N-dealkylation sites (tertiary alicyclic amines) is 1. The molecule has 2 N–H and O–H groups in total. The van der Waals surface area contributed by atoms with E-state index in [0.29, 0.717) is 16.8 Å². The Morgan fingerprint density at radius 1 is 1.12 bits per heavy atom. The minimum atomic E-state index is -0.207. The first-order valence-corrected chi connectivity index (χ1v) is 11.5. The van der Waals surface area contributed by atoms with Gasteiger partial charge in [-0.25, -0.2) is 4.79 Å². The topological polar surface area (TPSA) is 62.8 Å². The monoisotopic (exact) mass is 457 g/mol. The maximum atomic E-state index is 12.7. The number of carbonyl (C=O) groups excluding carboxylic acids is 1. The quantitative estimate of drug-likeness (QED) is 0.664. The fraction of sp³-hybridized carbons (Fsp3) is 0.480. The summed E-state index contributed by atoms with van der Waals surface area (Å²) in [5.41, 5.74) is 3.04. The maximum Gasteiger partial charge on any atom is 0.319 e. The van der Waals surface area contributed by atoms with Crippen LogP contribution in [0.5, 0.6) is 11.5 Å². The first-order valence-electron chi connectivity index (χ1n) is 11.1. The van der Waals surface area contributed by atoms with Crippen LogP contribution in [0.25, 0.3) is 0 Å². The number of urea groups is 1. The molecule has 0 bridgehead atoms. The van der Waals surface area contributed by atoms with Crippen molar-refractivity contribution in [3.05, 3.63) is 52.5 Å². The third-order valence-corrected chi connectivity index (χ3v) is 7.52. The highest BCUT2D eigenvalue weighted by molar-refractivity contribution is 6.33. The number of amides is 2. The molecule has 1 heterocycles. The SMILES string of the molecule is COc1ccc([C@@]23CC[C@H](NC(=O)Nc4cc(C)ccc4Cl)C[C@H]2N(C)CC3)cc1OC. The second-order valence-electron chi connectivity index (χ2n) is 9.03. The van der Waals surface area contributed by atoms with Gasteiger partial charge >= 0.3 is 6.03 Å². The first kappa shape index (κ1) is 22.7. The van der Waals surface area contributed by atoms with Crippen molar-refractivity contribution in [1.82, 2.24) is 10.2 Å². The van der Waals surface area contributed by atoms with Crippen molar-refractivity contribution >= 4 is 23.3 Å². The number of likely N-dealkylation sites (N-methyl/N-ethyl adjacent to an activating group) is 1. The van der Waals surface area contributed by atoms with Crippen molar-refractivity contribution in [2.45, 2.75) is 50.1 Å². The van der Waals surface area contributed by atoms with Crippen molar-refractivity contribution in [2.75, 3.05) is 33.1 Å². The standard InChI is InChI=1S/C25H32ClN3O3/c1-16-5-7-19(26)20(13-16)28-24(30)27-18-9-10-25(11-12-29(2)23(25)15-18)17-6-8-21(31-3)22(14-17)32-4/h5-8,13-14,18,23H,9-12,15H2,1-4H3,(H2,27,28,30)/t18-,23+,25-/m0/s1. The molecule has 172 valence electrons. The van der Waals surface area contributed by atoms with E-state index in [-0.39, 0.29) is 17.5 Å². The van der Waals surface area contributed by atoms with Crippen LogP contribution < -0.4 is 20.1 Å². The fourth-order valence-electron chi connectivity index (χ4n) is 5.47. The molecule has 1 aliphatic carbocycles. The van der Waals surface area contributed by atoms with Crippen molar-refractivity contribution in [1.29, 1.82) is 0 Å². The van der Waals surface area contributed by atoms with Crippen molar-refractivity contribution < 1.29 is 14.3 Å². The summed E-state index contributed by atoms with van der Waals surface area (Å²) >= 11 is 6.24. The van der Waals surface area contributed by atoms with Crippen LogP contribution in [-0.2, 0) is 5.41 Å². The highest BCUT2D eigenvalue weighted by Crippen LogP contribution is 2.49. The van der Waals surface area contributed by atoms with Gasteiger partial charge in [0, 0.05) is 17.5 Å². The fourth-order valence-corrected chi connectivity index (χ4v) is 5.64. The first-order chi connectivity index (χ1) is 15.4. The Balaban J connectivity index is 1.49. The van der Waals surface area contributed by atoms with Crippen molar-refractivity contribution in [3.8, 4) is 11.5 Å². The van der Waals surface area contributed by atoms with E-state index >= 15 is 0 Å². The molecule has 0 spiro atoms. The number of rotatable bonds is 5. The van der Waals surface area contributed by atoms with E-state index in [1.807, 2.05) is 25.1 Å². The molecule has 2 amide bonds. The van der Waals surface area contributed by atoms with Gasteiger partial charge in [0.2, 0.25) is 0 Å². The van der Waals surface area contributed by atoms with Gasteiger partial charge in [0.1, 0.15) is 0 Å². The predicted octanol–water partition coefficient (Wildman–Crippen LogP) is 4.98. The number of nitrogens with zero attached hydrogens (tertiary/aromatic N) is 1. The van der Waals surface area contributed by atoms with Crippen LogP contribution in [0.1, 0.15) is 36.8 Å². The molecule has 2 aromatic carbocycles. The van der Waals surface area contributed by atoms with Crippen LogP contribution in [0.15, 0.2) is 36.4 Å². The molecule has 0 aromatic heterocycles. The lowest BCUT2D eigenvalue weighted by molar-refractivity contribution is 0.156. The zero-order chi connectivity index (χ0) is 22.9. The van der Waals surface area contributed by atoms with Crippen molar-refractivity contribution in [2.24, 2.45) is 0 Å². The number of carbonyl (C=O) groups is 1. The summed E-state index contributed by atoms with van der Waals surface area (Å²) < 4.78 is 11.0. The minimum Gasteiger partial charge on any atom is -0.493 e. The maximum absolute atomic E-state index is 12.7. The molecule has 0 radical (unpaired) electrons. The molecule has 7 heteroatoms. The molecule has 2 aliphatic rings. The van der Waals surface area contributed by atoms with Crippen LogP contribution in [0.2, 0.25) is 5.02 Å². The Morgan fingerprint density at radius 2 is 1.91 bits per heavy atom. The molecule has 0 unspecified atom stereocenters. The van der Waals surface area contributed by atoms with E-state index in [9.17, 15) is 4.79 Å². The Kier molecular flexibility index (Phi) is 6.54. The summed E-state index contributed by atoms with van der Waals surface area (Å²) in [6, 6.07) is 12.2. The van der Waals surface area contributed by atoms with E-state index in [4.69, 9.17) is 21.1 Å². The number of ether oxygens (including phenoxy) is 2. The number of nitrogens with one attached hydrogen (secondary N) is 2. The third-order valence-electron chi connectivity index (χ3n) is 7.19. The lowest BCUT2D eigenvalue weighted by Gasteiger charge is -2.45. The second-order valence-corrected chi connectivity index (χ2v) is 9.43. The number of benzene rings is 2. The van der Waals surface area contributed by atoms with Crippen LogP contribution >= 0.6 is 11.6 Å². The summed E-state index contributed by atoms with van der Waals surface area (Å²) in [5, 5.41) is 6.63. The second kappa shape index (κ2) is 9.20. The Morgan fingerprint density at radius 3 is 2.66 bits per heavy atom. The lowest BCUT2D eigenvalue weighted by atomic mass is 9.65. The third kappa shape index (κ3) is 4.26. The largest absolute Gasteiger partial charge is 0.493 e. The summed E-state index contributed by atoms with van der Waals surface area (Å²) in [7, 11) is 5.52. The molecule has 1 saturated carbocycles. The summed E-state index contributed by atoms with van der Waals surface area (Å²) in [6.45, 7) is 3.01. The number of aryl methyl sites for hydroxylation is 1. The number of fused-ring (bicyclic) bond motifs is 1. The minimum absolute atomic E-state index is 0.0583. The normalized spacial score (nSPS) is 25.2. The smallest absolute Gasteiger partial charge is 0.319 e. The Bertz CT molecular complexity index is 998. The molecule has 2 aromatic rings. The van der Waals surface area contributed by atoms with Crippen LogP contribution in [0.3, 0.4) is 0 Å². The number of hydrogen-bond acceptors (Lipinski definition) is 4. The zero-order valence-electron chi connectivity index (χ0n) is 19.2. The molecular formula is C25H32ClN3O3. The van der Waals surface area contributed by atoms with Gasteiger partial charge in [-0.15, -0.1) is 0 Å². The van der Waals surface area contributed by atoms with Gasteiger partial charge in [-0.1, -0.05) is 23.7 Å². The van der Waals surface area contributed by atoms with Gasteiger partial charge in [-0.3, -0.25) is 0 Å². The van der Waals surface area contributed by atoms with Crippen molar-refractivity contribution in [3.63, 3.8) is 0 Å². The number of anilines is 1. The van der Waals surface area contributed by atoms with Gasteiger partial charge in [0.05, 0.1) is 24.9 Å². The highest BCUT2D eigenvalue weighted by Gasteiger charge is 2.50. The van der Waals surface area contributed by atoms with E-state index < -0.39 is 0 Å². The van der Waals surface area contributed by atoms with Gasteiger partial charge < -0.3 is 25.0 Å². The van der Waals surface area contributed by atoms with Gasteiger partial charge in [-0.2, -0.15) is 0 Å². The molecule has 1 saturated heterocycles. The van der Waals surface area contributed by atoms with E-state index in [2.05, 4.69) is 34.7 Å². The Hall–Kier alpha value is -2.44. The molecule has 1 aliphatic heterocycles. The number of halogens is 1. The summed E-state index contributed by atoms with van der Waals surface area (Å²) in [6.07, 6.45) is 3.93. The predicted molar refractivity (Wildman–Crippen MR) is 128 cm³/mol. The summed E-state index contributed by atoms with van der Waals surface area (Å²) in [5.74, 6) is 1.51. The van der Waals surface area contributed by atoms with E-state index in [0.717, 1.165) is 49.3 Å². The zero-order valence-corrected chi connectivity index (χ0v) is 20.0. The van der Waals surface area contributed by atoms with E-state index in [1.54, 1.807) is 20.3 Å². The lowest BCUT2D eigenvalue weighted by Crippen LogP contribution is -2.52.